The van der Waals surface area contributed by atoms with Gasteiger partial charge in [-0.1, -0.05) is 6.07 Å². The first kappa shape index (κ1) is 18.9. The lowest BCUT2D eigenvalue weighted by molar-refractivity contribution is 0.0785. The summed E-state index contributed by atoms with van der Waals surface area (Å²) in [5, 5.41) is 1.18. The standard InChI is InChI=1S/C18H32O3Si/c1-16(2,3)19-12-10-11-13(22)15(21-18(7,8)9)14(12)20-17(4,5)6/h10-11H,1-9,22H3. The van der Waals surface area contributed by atoms with Gasteiger partial charge in [0.1, 0.15) is 16.8 Å². The Morgan fingerprint density at radius 1 is 0.636 bits per heavy atom. The molecule has 0 saturated heterocycles. The van der Waals surface area contributed by atoms with Crippen molar-refractivity contribution in [2.75, 3.05) is 0 Å². The van der Waals surface area contributed by atoms with E-state index >= 15 is 0 Å². The summed E-state index contributed by atoms with van der Waals surface area (Å²) in [5.74, 6) is 2.27. The van der Waals surface area contributed by atoms with Crippen LogP contribution >= 0.6 is 0 Å². The van der Waals surface area contributed by atoms with Gasteiger partial charge in [-0.05, 0) is 73.6 Å². The molecule has 22 heavy (non-hydrogen) atoms. The molecule has 0 aromatic heterocycles. The van der Waals surface area contributed by atoms with Crippen molar-refractivity contribution in [3.8, 4) is 17.2 Å². The molecule has 0 fully saturated rings. The molecule has 0 saturated carbocycles. The van der Waals surface area contributed by atoms with Crippen LogP contribution in [0.1, 0.15) is 62.3 Å². The molecule has 126 valence electrons. The van der Waals surface area contributed by atoms with Gasteiger partial charge in [0.25, 0.3) is 0 Å². The fourth-order valence-electron chi connectivity index (χ4n) is 1.89. The Morgan fingerprint density at radius 2 is 1.05 bits per heavy atom. The van der Waals surface area contributed by atoms with Crippen LogP contribution in [0, 0.1) is 0 Å². The summed E-state index contributed by atoms with van der Waals surface area (Å²) in [4.78, 5) is 0. The van der Waals surface area contributed by atoms with Gasteiger partial charge in [-0.25, -0.2) is 0 Å². The molecule has 0 N–H and O–H groups in total. The topological polar surface area (TPSA) is 27.7 Å². The summed E-state index contributed by atoms with van der Waals surface area (Å²) < 4.78 is 18.5. The predicted molar refractivity (Wildman–Crippen MR) is 97.2 cm³/mol. The van der Waals surface area contributed by atoms with E-state index in [0.717, 1.165) is 21.7 Å². The first-order valence-electron chi connectivity index (χ1n) is 7.89. The van der Waals surface area contributed by atoms with Crippen molar-refractivity contribution in [2.24, 2.45) is 0 Å². The maximum absolute atomic E-state index is 6.21. The average Bonchev–Trinajstić information content (AvgIpc) is 2.22. The van der Waals surface area contributed by atoms with Gasteiger partial charge in [-0.2, -0.15) is 0 Å². The monoisotopic (exact) mass is 324 g/mol. The van der Waals surface area contributed by atoms with Gasteiger partial charge in [0.2, 0.25) is 5.75 Å². The quantitative estimate of drug-likeness (QED) is 0.799. The van der Waals surface area contributed by atoms with Crippen molar-refractivity contribution in [1.82, 2.24) is 0 Å². The van der Waals surface area contributed by atoms with E-state index in [2.05, 4.69) is 6.07 Å². The number of ether oxygens (including phenoxy) is 3. The molecule has 1 aromatic rings. The molecule has 0 radical (unpaired) electrons. The summed E-state index contributed by atoms with van der Waals surface area (Å²) in [6.45, 7) is 18.4. The Labute approximate surface area is 138 Å². The molecule has 4 heteroatoms. The first-order chi connectivity index (χ1) is 9.68. The van der Waals surface area contributed by atoms with E-state index in [-0.39, 0.29) is 16.8 Å². The molecule has 1 rings (SSSR count). The molecule has 0 unspecified atom stereocenters. The Bertz CT molecular complexity index is 517. The highest BCUT2D eigenvalue weighted by atomic mass is 28.1. The SMILES string of the molecule is CC(C)(C)Oc1ccc([SiH3])c(OC(C)(C)C)c1OC(C)(C)C. The molecule has 1 aromatic carbocycles. The van der Waals surface area contributed by atoms with Gasteiger partial charge < -0.3 is 14.2 Å². The summed E-state index contributed by atoms with van der Waals surface area (Å²) in [7, 11) is 0.888. The molecule has 0 atom stereocenters. The van der Waals surface area contributed by atoms with E-state index in [0.29, 0.717) is 5.75 Å². The lowest BCUT2D eigenvalue weighted by Gasteiger charge is -2.31. The van der Waals surface area contributed by atoms with Crippen LogP contribution in [0.2, 0.25) is 0 Å². The summed E-state index contributed by atoms with van der Waals surface area (Å²) in [6.07, 6.45) is 0. The van der Waals surface area contributed by atoms with E-state index in [9.17, 15) is 0 Å². The number of hydrogen-bond acceptors (Lipinski definition) is 3. The fraction of sp³-hybridized carbons (Fsp3) is 0.667. The Morgan fingerprint density at radius 3 is 1.45 bits per heavy atom. The highest BCUT2D eigenvalue weighted by molar-refractivity contribution is 6.34. The molecule has 0 spiro atoms. The summed E-state index contributed by atoms with van der Waals surface area (Å²) >= 11 is 0. The molecule has 3 nitrogen and oxygen atoms in total. The third-order valence-electron chi connectivity index (χ3n) is 2.51. The van der Waals surface area contributed by atoms with Crippen molar-refractivity contribution in [3.63, 3.8) is 0 Å². The van der Waals surface area contributed by atoms with Gasteiger partial charge in [0.15, 0.2) is 11.5 Å². The van der Waals surface area contributed by atoms with Crippen molar-refractivity contribution >= 4 is 15.4 Å². The van der Waals surface area contributed by atoms with Crippen LogP contribution in [0.25, 0.3) is 0 Å². The van der Waals surface area contributed by atoms with Crippen LogP contribution in [0.15, 0.2) is 12.1 Å². The fourth-order valence-corrected chi connectivity index (χ4v) is 2.38. The van der Waals surface area contributed by atoms with E-state index in [1.807, 2.05) is 68.4 Å². The van der Waals surface area contributed by atoms with Crippen LogP contribution in [0.3, 0.4) is 0 Å². The second-order valence-electron chi connectivity index (χ2n) is 8.68. The number of benzene rings is 1. The van der Waals surface area contributed by atoms with Crippen molar-refractivity contribution in [2.45, 2.75) is 79.1 Å². The summed E-state index contributed by atoms with van der Waals surface area (Å²) in [6, 6.07) is 4.06. The van der Waals surface area contributed by atoms with E-state index in [4.69, 9.17) is 14.2 Å². The second-order valence-corrected chi connectivity index (χ2v) is 9.76. The van der Waals surface area contributed by atoms with Gasteiger partial charge >= 0.3 is 0 Å². The van der Waals surface area contributed by atoms with Crippen molar-refractivity contribution in [3.05, 3.63) is 12.1 Å². The van der Waals surface area contributed by atoms with Gasteiger partial charge in [-0.3, -0.25) is 0 Å². The van der Waals surface area contributed by atoms with Crippen LogP contribution in [0.4, 0.5) is 0 Å². The van der Waals surface area contributed by atoms with Gasteiger partial charge in [0.05, 0.1) is 0 Å². The Kier molecular flexibility index (Phi) is 5.28. The third-order valence-corrected chi connectivity index (χ3v) is 3.29. The zero-order valence-corrected chi connectivity index (χ0v) is 17.9. The molecule has 0 aliphatic heterocycles. The predicted octanol–water partition coefficient (Wildman–Crippen LogP) is 3.21. The van der Waals surface area contributed by atoms with Gasteiger partial charge in [0, 0.05) is 10.2 Å². The van der Waals surface area contributed by atoms with Crippen molar-refractivity contribution in [1.29, 1.82) is 0 Å². The molecular formula is C18H32O3Si. The van der Waals surface area contributed by atoms with Crippen LogP contribution < -0.4 is 19.4 Å². The Balaban J connectivity index is 3.42. The highest BCUT2D eigenvalue weighted by Crippen LogP contribution is 2.40. The van der Waals surface area contributed by atoms with E-state index < -0.39 is 0 Å². The lowest BCUT2D eigenvalue weighted by atomic mass is 10.1. The second kappa shape index (κ2) is 6.15. The zero-order chi connectivity index (χ0) is 17.3. The molecule has 0 aliphatic rings. The summed E-state index contributed by atoms with van der Waals surface area (Å²) in [5.41, 5.74) is -0.890. The van der Waals surface area contributed by atoms with Crippen LogP contribution in [0.5, 0.6) is 17.2 Å². The third kappa shape index (κ3) is 6.30. The number of hydrogen-bond donors (Lipinski definition) is 0. The number of rotatable bonds is 3. The van der Waals surface area contributed by atoms with Crippen LogP contribution in [-0.2, 0) is 0 Å². The lowest BCUT2D eigenvalue weighted by Crippen LogP contribution is -2.31. The minimum atomic E-state index is -0.318. The largest absolute Gasteiger partial charge is 0.484 e. The molecule has 0 heterocycles. The molecule has 0 bridgehead atoms. The molecule has 0 aliphatic carbocycles. The maximum Gasteiger partial charge on any atom is 0.203 e. The van der Waals surface area contributed by atoms with Crippen molar-refractivity contribution < 1.29 is 14.2 Å². The van der Waals surface area contributed by atoms with Crippen LogP contribution in [-0.4, -0.2) is 27.0 Å². The minimum Gasteiger partial charge on any atom is -0.484 e. The first-order valence-corrected chi connectivity index (χ1v) is 8.89. The highest BCUT2D eigenvalue weighted by Gasteiger charge is 2.26. The normalized spacial score (nSPS) is 13.1. The molecular weight excluding hydrogens is 292 g/mol. The maximum atomic E-state index is 6.21. The average molecular weight is 325 g/mol. The molecule has 0 amide bonds. The Hall–Kier alpha value is -1.16. The van der Waals surface area contributed by atoms with E-state index in [1.54, 1.807) is 0 Å². The van der Waals surface area contributed by atoms with E-state index in [1.165, 1.54) is 5.19 Å². The smallest absolute Gasteiger partial charge is 0.203 e. The zero-order valence-electron chi connectivity index (χ0n) is 15.9. The minimum absolute atomic E-state index is 0.282. The van der Waals surface area contributed by atoms with Gasteiger partial charge in [-0.15, -0.1) is 0 Å².